The van der Waals surface area contributed by atoms with E-state index in [1.165, 1.54) is 0 Å². The maximum Gasteiger partial charge on any atom is 0.333 e. The zero-order valence-corrected chi connectivity index (χ0v) is 13.4. The minimum absolute atomic E-state index is 0.0301. The number of nitrogens with zero attached hydrogens (tertiary/aromatic N) is 3. The van der Waals surface area contributed by atoms with Gasteiger partial charge in [-0.15, -0.1) is 0 Å². The predicted molar refractivity (Wildman–Crippen MR) is 80.6 cm³/mol. The number of anilines is 1. The number of amides is 2. The largest absolute Gasteiger partial charge is 0.368 e. The fourth-order valence-electron chi connectivity index (χ4n) is 3.57. The van der Waals surface area contributed by atoms with Crippen LogP contribution in [0.5, 0.6) is 0 Å². The van der Waals surface area contributed by atoms with Crippen molar-refractivity contribution >= 4 is 11.7 Å². The van der Waals surface area contributed by atoms with E-state index in [-0.39, 0.29) is 17.7 Å². The molecule has 1 aromatic heterocycles. The summed E-state index contributed by atoms with van der Waals surface area (Å²) in [6.07, 6.45) is 5.28. The highest BCUT2D eigenvalue weighted by Gasteiger charge is 2.43. The number of halogens is 2. The number of nitrogens with one attached hydrogen (secondary N) is 1. The van der Waals surface area contributed by atoms with Gasteiger partial charge in [0.15, 0.2) is 0 Å². The van der Waals surface area contributed by atoms with Crippen LogP contribution in [0.4, 0.5) is 19.3 Å². The average Bonchev–Trinajstić information content (AvgIpc) is 3.06. The molecule has 1 aliphatic carbocycles. The van der Waals surface area contributed by atoms with E-state index >= 15 is 0 Å². The first-order valence-electron chi connectivity index (χ1n) is 7.96. The summed E-state index contributed by atoms with van der Waals surface area (Å²) in [4.78, 5) is 14.2. The Kier molecular flexibility index (Phi) is 4.27. The van der Waals surface area contributed by atoms with E-state index in [1.54, 1.807) is 11.8 Å². The topological polar surface area (TPSA) is 59.4 Å². The van der Waals surface area contributed by atoms with E-state index in [0.717, 1.165) is 31.9 Å². The van der Waals surface area contributed by atoms with Gasteiger partial charge in [-0.1, -0.05) is 12.8 Å². The molecule has 1 unspecified atom stereocenters. The molecule has 1 atom stereocenters. The lowest BCUT2D eigenvalue weighted by Crippen LogP contribution is -2.56. The van der Waals surface area contributed by atoms with Crippen molar-refractivity contribution in [3.63, 3.8) is 0 Å². The Balaban J connectivity index is 1.70. The minimum atomic E-state index is -2.72. The van der Waals surface area contributed by atoms with Crippen molar-refractivity contribution in [3.8, 4) is 0 Å². The smallest absolute Gasteiger partial charge is 0.333 e. The number of rotatable bonds is 2. The van der Waals surface area contributed by atoms with E-state index in [9.17, 15) is 13.6 Å². The van der Waals surface area contributed by atoms with Gasteiger partial charge < -0.3 is 15.0 Å². The molecule has 1 aliphatic heterocycles. The molecule has 1 aromatic rings. The average molecular weight is 328 g/mol. The quantitative estimate of drug-likeness (QED) is 0.907. The molecule has 2 amide bonds. The number of aryl methyl sites for hydroxylation is 1. The van der Waals surface area contributed by atoms with Crippen molar-refractivity contribution in [2.45, 2.75) is 57.8 Å². The lowest BCUT2D eigenvalue weighted by atomic mass is 9.98. The van der Waals surface area contributed by atoms with Crippen LogP contribution >= 0.6 is 0 Å². The van der Waals surface area contributed by atoms with Crippen molar-refractivity contribution in [1.82, 2.24) is 14.7 Å². The Labute approximate surface area is 133 Å². The van der Waals surface area contributed by atoms with Crippen LogP contribution in [0.15, 0.2) is 6.20 Å². The number of hydrogen-bond donors (Lipinski definition) is 1. The van der Waals surface area contributed by atoms with Crippen molar-refractivity contribution in [2.75, 3.05) is 18.4 Å². The first-order valence-corrected chi connectivity index (χ1v) is 7.96. The van der Waals surface area contributed by atoms with Gasteiger partial charge in [0, 0.05) is 6.54 Å². The lowest BCUT2D eigenvalue weighted by molar-refractivity contribution is -0.132. The van der Waals surface area contributed by atoms with Crippen LogP contribution < -0.4 is 5.32 Å². The van der Waals surface area contributed by atoms with Crippen LogP contribution in [-0.2, 0) is 4.74 Å². The van der Waals surface area contributed by atoms with Crippen LogP contribution in [-0.4, -0.2) is 45.5 Å². The third kappa shape index (κ3) is 3.31. The fraction of sp³-hybridized carbons (Fsp3) is 0.733. The maximum absolute atomic E-state index is 12.7. The number of hydrogen-bond acceptors (Lipinski definition) is 3. The third-order valence-corrected chi connectivity index (χ3v) is 4.57. The number of carbonyl (C=O) groups is 1. The van der Waals surface area contributed by atoms with E-state index in [0.29, 0.717) is 29.2 Å². The SMILES string of the molecule is Cc1nn(C(F)F)cc1NC(=O)N1CC(C)OC2(CCCC2)C1. The number of alkyl halides is 2. The zero-order valence-electron chi connectivity index (χ0n) is 13.4. The standard InChI is InChI=1S/C15H22F2N4O2/c1-10-7-20(9-15(23-10)5-3-4-6-15)14(22)18-12-8-21(13(16)17)19-11(12)2/h8,10,13H,3-7,9H2,1-2H3,(H,18,22). The van der Waals surface area contributed by atoms with Crippen molar-refractivity contribution in [3.05, 3.63) is 11.9 Å². The van der Waals surface area contributed by atoms with Gasteiger partial charge in [-0.2, -0.15) is 13.9 Å². The van der Waals surface area contributed by atoms with Gasteiger partial charge in [0.25, 0.3) is 0 Å². The van der Waals surface area contributed by atoms with E-state index in [2.05, 4.69) is 10.4 Å². The Bertz CT molecular complexity index is 584. The molecule has 1 saturated carbocycles. The molecular formula is C15H22F2N4O2. The molecular weight excluding hydrogens is 306 g/mol. The summed E-state index contributed by atoms with van der Waals surface area (Å²) < 4.78 is 32.0. The summed E-state index contributed by atoms with van der Waals surface area (Å²) in [7, 11) is 0. The second kappa shape index (κ2) is 6.07. The second-order valence-electron chi connectivity index (χ2n) is 6.52. The van der Waals surface area contributed by atoms with Crippen molar-refractivity contribution in [2.24, 2.45) is 0 Å². The number of morpholine rings is 1. The normalized spacial score (nSPS) is 23.7. The summed E-state index contributed by atoms with van der Waals surface area (Å²) in [6.45, 7) is 1.87. The molecule has 1 spiro atoms. The maximum atomic E-state index is 12.7. The van der Waals surface area contributed by atoms with Gasteiger partial charge in [0.1, 0.15) is 0 Å². The van der Waals surface area contributed by atoms with Crippen LogP contribution in [0.2, 0.25) is 0 Å². The summed E-state index contributed by atoms with van der Waals surface area (Å²) in [5.74, 6) is 0. The highest BCUT2D eigenvalue weighted by Crippen LogP contribution is 2.37. The molecule has 0 bridgehead atoms. The molecule has 8 heteroatoms. The van der Waals surface area contributed by atoms with Crippen molar-refractivity contribution in [1.29, 1.82) is 0 Å². The second-order valence-corrected chi connectivity index (χ2v) is 6.52. The molecule has 6 nitrogen and oxygen atoms in total. The number of aromatic nitrogens is 2. The van der Waals surface area contributed by atoms with E-state index < -0.39 is 6.55 Å². The first kappa shape index (κ1) is 16.2. The third-order valence-electron chi connectivity index (χ3n) is 4.57. The zero-order chi connectivity index (χ0) is 16.6. The highest BCUT2D eigenvalue weighted by molar-refractivity contribution is 5.89. The first-order chi connectivity index (χ1) is 10.9. The van der Waals surface area contributed by atoms with Crippen LogP contribution in [0.25, 0.3) is 0 Å². The summed E-state index contributed by atoms with van der Waals surface area (Å²) >= 11 is 0. The monoisotopic (exact) mass is 328 g/mol. The van der Waals surface area contributed by atoms with E-state index in [1.807, 2.05) is 6.92 Å². The van der Waals surface area contributed by atoms with Crippen LogP contribution in [0.1, 0.15) is 44.9 Å². The number of ether oxygens (including phenoxy) is 1. The molecule has 3 rings (SSSR count). The summed E-state index contributed by atoms with van der Waals surface area (Å²) in [5, 5.41) is 6.40. The fourth-order valence-corrected chi connectivity index (χ4v) is 3.57. The molecule has 128 valence electrons. The molecule has 23 heavy (non-hydrogen) atoms. The molecule has 1 saturated heterocycles. The minimum Gasteiger partial charge on any atom is -0.368 e. The summed E-state index contributed by atoms with van der Waals surface area (Å²) in [6, 6.07) is -0.289. The number of urea groups is 1. The molecule has 0 aromatic carbocycles. The van der Waals surface area contributed by atoms with Crippen LogP contribution in [0, 0.1) is 6.92 Å². The molecule has 1 N–H and O–H groups in total. The Morgan fingerprint density at radius 1 is 1.48 bits per heavy atom. The van der Waals surface area contributed by atoms with Gasteiger partial charge in [-0.3, -0.25) is 0 Å². The number of carbonyl (C=O) groups excluding carboxylic acids is 1. The molecule has 2 heterocycles. The summed E-state index contributed by atoms with van der Waals surface area (Å²) in [5.41, 5.74) is 0.447. The van der Waals surface area contributed by atoms with Gasteiger partial charge in [0.05, 0.1) is 35.8 Å². The molecule has 0 radical (unpaired) electrons. The molecule has 2 fully saturated rings. The van der Waals surface area contributed by atoms with Crippen molar-refractivity contribution < 1.29 is 18.3 Å². The van der Waals surface area contributed by atoms with Gasteiger partial charge >= 0.3 is 12.6 Å². The Morgan fingerprint density at radius 2 is 2.17 bits per heavy atom. The van der Waals surface area contributed by atoms with Gasteiger partial charge in [-0.25, -0.2) is 9.48 Å². The van der Waals surface area contributed by atoms with E-state index in [4.69, 9.17) is 4.74 Å². The molecule has 2 aliphatic rings. The van der Waals surface area contributed by atoms with Gasteiger partial charge in [-0.05, 0) is 26.7 Å². The van der Waals surface area contributed by atoms with Gasteiger partial charge in [0.2, 0.25) is 0 Å². The van der Waals surface area contributed by atoms with Crippen LogP contribution in [0.3, 0.4) is 0 Å². The highest BCUT2D eigenvalue weighted by atomic mass is 19.3. The Hall–Kier alpha value is -1.70. The lowest BCUT2D eigenvalue weighted by Gasteiger charge is -2.43. The predicted octanol–water partition coefficient (Wildman–Crippen LogP) is 3.15. The Morgan fingerprint density at radius 3 is 2.78 bits per heavy atom.